The zero-order valence-electron chi connectivity index (χ0n) is 11.2. The van der Waals surface area contributed by atoms with Gasteiger partial charge in [-0.25, -0.2) is 0 Å². The zero-order valence-corrected chi connectivity index (χ0v) is 11.2. The number of hydrogen-bond donors (Lipinski definition) is 1. The molecule has 0 aromatic heterocycles. The number of aliphatic hydroxyl groups excluding tert-OH is 1. The van der Waals surface area contributed by atoms with Gasteiger partial charge in [-0.2, -0.15) is 0 Å². The fraction of sp³-hybridized carbons (Fsp3) is 0.438. The number of para-hydroxylation sites is 1. The monoisotopic (exact) mass is 260 g/mol. The predicted molar refractivity (Wildman–Crippen MR) is 73.8 cm³/mol. The lowest BCUT2D eigenvalue weighted by atomic mass is 9.89. The second-order valence-electron chi connectivity index (χ2n) is 4.99. The SMILES string of the molecule is C[C@@H](C(=O)Oc1ccccc1)[C@@H](O)C1=CCCCC1. The Morgan fingerprint density at radius 2 is 2.00 bits per heavy atom. The fourth-order valence-electron chi connectivity index (χ4n) is 2.28. The molecular formula is C16H20O3. The highest BCUT2D eigenvalue weighted by molar-refractivity contribution is 5.75. The summed E-state index contributed by atoms with van der Waals surface area (Å²) >= 11 is 0. The molecule has 0 aliphatic heterocycles. The Balaban J connectivity index is 1.96. The van der Waals surface area contributed by atoms with Gasteiger partial charge in [0.2, 0.25) is 0 Å². The molecule has 0 unspecified atom stereocenters. The van der Waals surface area contributed by atoms with E-state index in [9.17, 15) is 9.90 Å². The highest BCUT2D eigenvalue weighted by atomic mass is 16.5. The van der Waals surface area contributed by atoms with Crippen molar-refractivity contribution >= 4 is 5.97 Å². The second kappa shape index (κ2) is 6.53. The van der Waals surface area contributed by atoms with E-state index in [0.717, 1.165) is 24.8 Å². The lowest BCUT2D eigenvalue weighted by Gasteiger charge is -2.22. The van der Waals surface area contributed by atoms with Crippen molar-refractivity contribution in [1.82, 2.24) is 0 Å². The van der Waals surface area contributed by atoms with E-state index in [0.29, 0.717) is 5.75 Å². The van der Waals surface area contributed by atoms with Gasteiger partial charge < -0.3 is 9.84 Å². The molecule has 3 nitrogen and oxygen atoms in total. The van der Waals surface area contributed by atoms with E-state index in [-0.39, 0.29) is 5.97 Å². The number of benzene rings is 1. The molecule has 102 valence electrons. The van der Waals surface area contributed by atoms with E-state index >= 15 is 0 Å². The molecule has 0 fully saturated rings. The third kappa shape index (κ3) is 3.67. The van der Waals surface area contributed by atoms with Crippen molar-refractivity contribution in [2.24, 2.45) is 5.92 Å². The van der Waals surface area contributed by atoms with Gasteiger partial charge in [0.15, 0.2) is 0 Å². The summed E-state index contributed by atoms with van der Waals surface area (Å²) in [6.45, 7) is 1.71. The molecule has 1 aliphatic carbocycles. The maximum absolute atomic E-state index is 12.0. The summed E-state index contributed by atoms with van der Waals surface area (Å²) in [6.07, 6.45) is 5.45. The molecule has 0 spiro atoms. The van der Waals surface area contributed by atoms with Gasteiger partial charge in [0, 0.05) is 0 Å². The minimum atomic E-state index is -0.725. The molecule has 0 saturated carbocycles. The van der Waals surface area contributed by atoms with Gasteiger partial charge in [-0.15, -0.1) is 0 Å². The maximum atomic E-state index is 12.0. The first-order chi connectivity index (χ1) is 9.18. The van der Waals surface area contributed by atoms with E-state index in [1.807, 2.05) is 18.2 Å². The van der Waals surface area contributed by atoms with Crippen LogP contribution >= 0.6 is 0 Å². The first kappa shape index (κ1) is 13.8. The van der Waals surface area contributed by atoms with Crippen LogP contribution in [-0.2, 0) is 4.79 Å². The fourth-order valence-corrected chi connectivity index (χ4v) is 2.28. The molecule has 3 heteroatoms. The van der Waals surface area contributed by atoms with Gasteiger partial charge in [-0.3, -0.25) is 4.79 Å². The lowest BCUT2D eigenvalue weighted by Crippen LogP contribution is -2.31. The summed E-state index contributed by atoms with van der Waals surface area (Å²) in [4.78, 5) is 12.0. The molecule has 1 N–H and O–H groups in total. The standard InChI is InChI=1S/C16H20O3/c1-12(15(17)13-8-4-2-5-9-13)16(18)19-14-10-6-3-7-11-14/h3,6-8,10-12,15,17H,2,4-5,9H2,1H3/t12-,15-/m1/s1. The number of esters is 1. The molecular weight excluding hydrogens is 240 g/mol. The minimum absolute atomic E-state index is 0.384. The van der Waals surface area contributed by atoms with E-state index < -0.39 is 12.0 Å². The number of allylic oxidation sites excluding steroid dienone is 1. The van der Waals surface area contributed by atoms with Crippen molar-refractivity contribution in [1.29, 1.82) is 0 Å². The Hall–Kier alpha value is -1.61. The molecule has 19 heavy (non-hydrogen) atoms. The van der Waals surface area contributed by atoms with Crippen LogP contribution in [0.15, 0.2) is 42.0 Å². The van der Waals surface area contributed by atoms with Gasteiger partial charge in [0.1, 0.15) is 5.75 Å². The molecule has 1 aliphatic rings. The summed E-state index contributed by atoms with van der Waals surface area (Å²) in [7, 11) is 0. The molecule has 0 amide bonds. The molecule has 0 radical (unpaired) electrons. The number of aliphatic hydroxyl groups is 1. The number of carbonyl (C=O) groups is 1. The van der Waals surface area contributed by atoms with Gasteiger partial charge in [-0.1, -0.05) is 24.3 Å². The van der Waals surface area contributed by atoms with E-state index in [4.69, 9.17) is 4.74 Å². The van der Waals surface area contributed by atoms with E-state index in [1.165, 1.54) is 6.42 Å². The molecule has 2 rings (SSSR count). The predicted octanol–water partition coefficient (Wildman–Crippen LogP) is 3.09. The van der Waals surface area contributed by atoms with E-state index in [2.05, 4.69) is 6.08 Å². The Morgan fingerprint density at radius 1 is 1.26 bits per heavy atom. The van der Waals surface area contributed by atoms with Crippen LogP contribution in [0.2, 0.25) is 0 Å². The molecule has 1 aromatic rings. The van der Waals surface area contributed by atoms with Crippen LogP contribution in [0.1, 0.15) is 32.6 Å². The van der Waals surface area contributed by atoms with Crippen molar-refractivity contribution in [3.63, 3.8) is 0 Å². The van der Waals surface area contributed by atoms with Crippen molar-refractivity contribution in [3.8, 4) is 5.75 Å². The number of rotatable bonds is 4. The van der Waals surface area contributed by atoms with Crippen molar-refractivity contribution in [3.05, 3.63) is 42.0 Å². The summed E-state index contributed by atoms with van der Waals surface area (Å²) < 4.78 is 5.26. The van der Waals surface area contributed by atoms with Gasteiger partial charge >= 0.3 is 5.97 Å². The average molecular weight is 260 g/mol. The van der Waals surface area contributed by atoms with E-state index in [1.54, 1.807) is 19.1 Å². The molecule has 0 heterocycles. The minimum Gasteiger partial charge on any atom is -0.426 e. The first-order valence-corrected chi connectivity index (χ1v) is 6.82. The summed E-state index contributed by atoms with van der Waals surface area (Å²) in [5.41, 5.74) is 0.976. The lowest BCUT2D eigenvalue weighted by molar-refractivity contribution is -0.141. The third-order valence-electron chi connectivity index (χ3n) is 3.51. The molecule has 1 aromatic carbocycles. The van der Waals surface area contributed by atoms with Crippen molar-refractivity contribution < 1.29 is 14.6 Å². The Morgan fingerprint density at radius 3 is 2.63 bits per heavy atom. The largest absolute Gasteiger partial charge is 0.426 e. The average Bonchev–Trinajstić information content (AvgIpc) is 2.47. The third-order valence-corrected chi connectivity index (χ3v) is 3.51. The highest BCUT2D eigenvalue weighted by Crippen LogP contribution is 2.25. The van der Waals surface area contributed by atoms with Crippen LogP contribution in [0.3, 0.4) is 0 Å². The van der Waals surface area contributed by atoms with Crippen LogP contribution in [0.5, 0.6) is 5.75 Å². The quantitative estimate of drug-likeness (QED) is 0.514. The number of ether oxygens (including phenoxy) is 1. The smallest absolute Gasteiger partial charge is 0.317 e. The summed E-state index contributed by atoms with van der Waals surface area (Å²) in [5, 5.41) is 10.2. The second-order valence-corrected chi connectivity index (χ2v) is 4.99. The van der Waals surface area contributed by atoms with Gasteiger partial charge in [-0.05, 0) is 50.3 Å². The first-order valence-electron chi connectivity index (χ1n) is 6.82. The molecule has 2 atom stereocenters. The Labute approximate surface area is 113 Å². The Bertz CT molecular complexity index is 450. The molecule has 0 bridgehead atoms. The maximum Gasteiger partial charge on any atom is 0.317 e. The van der Waals surface area contributed by atoms with Crippen LogP contribution in [0, 0.1) is 5.92 Å². The molecule has 0 saturated heterocycles. The van der Waals surface area contributed by atoms with Crippen LogP contribution < -0.4 is 4.74 Å². The Kier molecular flexibility index (Phi) is 4.74. The highest BCUT2D eigenvalue weighted by Gasteiger charge is 2.27. The van der Waals surface area contributed by atoms with Crippen LogP contribution in [-0.4, -0.2) is 17.2 Å². The van der Waals surface area contributed by atoms with Crippen molar-refractivity contribution in [2.45, 2.75) is 38.7 Å². The number of hydrogen-bond acceptors (Lipinski definition) is 3. The van der Waals surface area contributed by atoms with Crippen LogP contribution in [0.4, 0.5) is 0 Å². The van der Waals surface area contributed by atoms with Crippen molar-refractivity contribution in [2.75, 3.05) is 0 Å². The van der Waals surface area contributed by atoms with Crippen LogP contribution in [0.25, 0.3) is 0 Å². The van der Waals surface area contributed by atoms with Gasteiger partial charge in [0.25, 0.3) is 0 Å². The normalized spacial score (nSPS) is 18.3. The zero-order chi connectivity index (χ0) is 13.7. The van der Waals surface area contributed by atoms with Gasteiger partial charge in [0.05, 0.1) is 12.0 Å². The number of carbonyl (C=O) groups excluding carboxylic acids is 1. The topological polar surface area (TPSA) is 46.5 Å². The summed E-state index contributed by atoms with van der Waals surface area (Å²) in [6, 6.07) is 8.96. The summed E-state index contributed by atoms with van der Waals surface area (Å²) in [5.74, 6) is -0.404.